The van der Waals surface area contributed by atoms with Crippen molar-refractivity contribution in [3.05, 3.63) is 0 Å². The number of likely N-dealkylation sites (tertiary alicyclic amines) is 1. The summed E-state index contributed by atoms with van der Waals surface area (Å²) in [6.07, 6.45) is 2.03. The molecule has 0 saturated carbocycles. The number of hydrogen-bond acceptors (Lipinski definition) is 5. The molecule has 2 aliphatic heterocycles. The molecular formula is C16H31N3O2S. The second kappa shape index (κ2) is 8.41. The van der Waals surface area contributed by atoms with E-state index in [1.165, 1.54) is 24.6 Å². The van der Waals surface area contributed by atoms with Crippen LogP contribution in [0, 0.1) is 0 Å². The highest BCUT2D eigenvalue weighted by Gasteiger charge is 2.27. The largest absolute Gasteiger partial charge is 0.444 e. The number of ether oxygens (including phenoxy) is 1. The molecule has 2 saturated heterocycles. The van der Waals surface area contributed by atoms with Crippen molar-refractivity contribution in [2.24, 2.45) is 0 Å². The molecular weight excluding hydrogens is 298 g/mol. The Morgan fingerprint density at radius 3 is 2.68 bits per heavy atom. The molecule has 2 aliphatic rings. The molecule has 2 rings (SSSR count). The Morgan fingerprint density at radius 1 is 1.27 bits per heavy atom. The van der Waals surface area contributed by atoms with E-state index in [-0.39, 0.29) is 6.09 Å². The molecule has 5 nitrogen and oxygen atoms in total. The normalized spacial score (nSPS) is 24.3. The Balaban J connectivity index is 1.67. The van der Waals surface area contributed by atoms with Crippen LogP contribution in [-0.2, 0) is 4.74 Å². The topological polar surface area (TPSA) is 44.8 Å². The Hall–Kier alpha value is -0.460. The van der Waals surface area contributed by atoms with Gasteiger partial charge in [-0.05, 0) is 33.6 Å². The highest BCUT2D eigenvalue weighted by Crippen LogP contribution is 2.15. The quantitative estimate of drug-likeness (QED) is 0.855. The van der Waals surface area contributed by atoms with E-state index in [4.69, 9.17) is 4.74 Å². The zero-order valence-electron chi connectivity index (χ0n) is 14.3. The summed E-state index contributed by atoms with van der Waals surface area (Å²) >= 11 is 2.05. The van der Waals surface area contributed by atoms with Gasteiger partial charge in [-0.3, -0.25) is 0 Å². The number of nitrogens with zero attached hydrogens (tertiary/aromatic N) is 2. The van der Waals surface area contributed by atoms with E-state index in [9.17, 15) is 4.79 Å². The maximum atomic E-state index is 12.1. The van der Waals surface area contributed by atoms with Crippen molar-refractivity contribution < 1.29 is 9.53 Å². The molecule has 0 radical (unpaired) electrons. The van der Waals surface area contributed by atoms with E-state index in [0.717, 1.165) is 39.0 Å². The summed E-state index contributed by atoms with van der Waals surface area (Å²) in [6, 6.07) is 0.403. The molecule has 6 heteroatoms. The van der Waals surface area contributed by atoms with Crippen LogP contribution in [0.5, 0.6) is 0 Å². The summed E-state index contributed by atoms with van der Waals surface area (Å²) in [4.78, 5) is 16.5. The highest BCUT2D eigenvalue weighted by molar-refractivity contribution is 7.99. The third kappa shape index (κ3) is 6.34. The van der Waals surface area contributed by atoms with Crippen LogP contribution >= 0.6 is 11.8 Å². The minimum Gasteiger partial charge on any atom is -0.444 e. The molecule has 1 N–H and O–H groups in total. The summed E-state index contributed by atoms with van der Waals surface area (Å²) in [5.74, 6) is 2.52. The first-order valence-electron chi connectivity index (χ1n) is 8.45. The number of amides is 1. The van der Waals surface area contributed by atoms with Gasteiger partial charge in [0.05, 0.1) is 0 Å². The van der Waals surface area contributed by atoms with Crippen molar-refractivity contribution in [2.45, 2.75) is 45.3 Å². The van der Waals surface area contributed by atoms with E-state index in [1.807, 2.05) is 37.4 Å². The molecule has 128 valence electrons. The van der Waals surface area contributed by atoms with Crippen LogP contribution in [0.15, 0.2) is 0 Å². The number of carbonyl (C=O) groups excluding carboxylic acids is 1. The molecule has 1 atom stereocenters. The fraction of sp³-hybridized carbons (Fsp3) is 0.938. The van der Waals surface area contributed by atoms with Crippen molar-refractivity contribution in [2.75, 3.05) is 50.8 Å². The van der Waals surface area contributed by atoms with Gasteiger partial charge in [-0.25, -0.2) is 4.79 Å². The van der Waals surface area contributed by atoms with E-state index in [1.54, 1.807) is 0 Å². The molecule has 22 heavy (non-hydrogen) atoms. The van der Waals surface area contributed by atoms with Crippen LogP contribution in [0.3, 0.4) is 0 Å². The van der Waals surface area contributed by atoms with Gasteiger partial charge >= 0.3 is 6.09 Å². The second-order valence-corrected chi connectivity index (χ2v) is 8.40. The first kappa shape index (κ1) is 17.9. The second-order valence-electron chi connectivity index (χ2n) is 7.17. The van der Waals surface area contributed by atoms with Gasteiger partial charge in [0.25, 0.3) is 0 Å². The van der Waals surface area contributed by atoms with Crippen molar-refractivity contribution in [3.8, 4) is 0 Å². The Labute approximate surface area is 139 Å². The van der Waals surface area contributed by atoms with Crippen LogP contribution in [0.2, 0.25) is 0 Å². The summed E-state index contributed by atoms with van der Waals surface area (Å²) in [5.41, 5.74) is -0.413. The standard InChI is InChI=1S/C16H31N3O2S/c1-16(2,3)21-15(20)19-7-4-5-14(13-19)17-6-8-18-9-11-22-12-10-18/h14,17H,4-13H2,1-3H3. The Morgan fingerprint density at radius 2 is 2.00 bits per heavy atom. The van der Waals surface area contributed by atoms with Gasteiger partial charge in [-0.15, -0.1) is 0 Å². The maximum Gasteiger partial charge on any atom is 0.410 e. The lowest BCUT2D eigenvalue weighted by molar-refractivity contribution is 0.0187. The van der Waals surface area contributed by atoms with E-state index in [0.29, 0.717) is 6.04 Å². The molecule has 1 amide bonds. The molecule has 0 bridgehead atoms. The van der Waals surface area contributed by atoms with Crippen LogP contribution in [0.25, 0.3) is 0 Å². The first-order valence-corrected chi connectivity index (χ1v) is 9.61. The first-order chi connectivity index (χ1) is 10.4. The number of rotatable bonds is 4. The minimum atomic E-state index is -0.413. The lowest BCUT2D eigenvalue weighted by atomic mass is 10.1. The Bertz CT molecular complexity index is 354. The average molecular weight is 330 g/mol. The third-order valence-electron chi connectivity index (χ3n) is 4.04. The van der Waals surface area contributed by atoms with Crippen LogP contribution in [-0.4, -0.2) is 78.3 Å². The van der Waals surface area contributed by atoms with Crippen LogP contribution in [0.4, 0.5) is 4.79 Å². The van der Waals surface area contributed by atoms with Gasteiger partial charge in [-0.2, -0.15) is 11.8 Å². The SMILES string of the molecule is CC(C)(C)OC(=O)N1CCCC(NCCN2CCSCC2)C1. The van der Waals surface area contributed by atoms with E-state index in [2.05, 4.69) is 10.2 Å². The molecule has 0 aromatic rings. The predicted octanol–water partition coefficient (Wildman–Crippen LogP) is 2.02. The number of thioether (sulfide) groups is 1. The number of piperidine rings is 1. The average Bonchev–Trinajstić information content (AvgIpc) is 2.47. The van der Waals surface area contributed by atoms with Gasteiger partial charge in [0.2, 0.25) is 0 Å². The smallest absolute Gasteiger partial charge is 0.410 e. The molecule has 2 fully saturated rings. The molecule has 0 spiro atoms. The maximum absolute atomic E-state index is 12.1. The zero-order chi connectivity index (χ0) is 16.0. The summed E-state index contributed by atoms with van der Waals surface area (Å²) < 4.78 is 5.47. The van der Waals surface area contributed by atoms with Gasteiger partial charge in [-0.1, -0.05) is 0 Å². The molecule has 0 aliphatic carbocycles. The summed E-state index contributed by atoms with van der Waals surface area (Å²) in [6.45, 7) is 11.9. The van der Waals surface area contributed by atoms with Crippen molar-refractivity contribution >= 4 is 17.9 Å². The van der Waals surface area contributed by atoms with Crippen molar-refractivity contribution in [1.82, 2.24) is 15.1 Å². The van der Waals surface area contributed by atoms with Gasteiger partial charge < -0.3 is 19.9 Å². The fourth-order valence-corrected chi connectivity index (χ4v) is 3.87. The minimum absolute atomic E-state index is 0.174. The third-order valence-corrected chi connectivity index (χ3v) is 4.98. The highest BCUT2D eigenvalue weighted by atomic mass is 32.2. The predicted molar refractivity (Wildman–Crippen MR) is 92.6 cm³/mol. The molecule has 1 unspecified atom stereocenters. The Kier molecular flexibility index (Phi) is 6.84. The van der Waals surface area contributed by atoms with E-state index >= 15 is 0 Å². The van der Waals surface area contributed by atoms with Gasteiger partial charge in [0, 0.05) is 56.8 Å². The number of carbonyl (C=O) groups is 1. The fourth-order valence-electron chi connectivity index (χ4n) is 2.89. The van der Waals surface area contributed by atoms with Crippen molar-refractivity contribution in [3.63, 3.8) is 0 Å². The van der Waals surface area contributed by atoms with Gasteiger partial charge in [0.1, 0.15) is 5.60 Å². The van der Waals surface area contributed by atoms with Crippen LogP contribution in [0.1, 0.15) is 33.6 Å². The van der Waals surface area contributed by atoms with Crippen LogP contribution < -0.4 is 5.32 Å². The lowest BCUT2D eigenvalue weighted by Gasteiger charge is -2.35. The molecule has 2 heterocycles. The van der Waals surface area contributed by atoms with Crippen molar-refractivity contribution in [1.29, 1.82) is 0 Å². The molecule has 0 aromatic heterocycles. The lowest BCUT2D eigenvalue weighted by Crippen LogP contribution is -2.50. The summed E-state index contributed by atoms with van der Waals surface area (Å²) in [7, 11) is 0. The number of hydrogen-bond donors (Lipinski definition) is 1. The number of nitrogens with one attached hydrogen (secondary N) is 1. The van der Waals surface area contributed by atoms with E-state index < -0.39 is 5.60 Å². The zero-order valence-corrected chi connectivity index (χ0v) is 15.1. The monoisotopic (exact) mass is 329 g/mol. The van der Waals surface area contributed by atoms with Gasteiger partial charge in [0.15, 0.2) is 0 Å². The summed E-state index contributed by atoms with van der Waals surface area (Å²) in [5, 5.41) is 3.62. The molecule has 0 aromatic carbocycles.